The Kier molecular flexibility index (Phi) is 4.40. The van der Waals surface area contributed by atoms with Gasteiger partial charge in [0, 0.05) is 10.8 Å². The first-order chi connectivity index (χ1) is 18.6. The molecule has 0 aliphatic heterocycles. The van der Waals surface area contributed by atoms with Crippen molar-refractivity contribution in [2.24, 2.45) is 0 Å². The molecule has 0 N–H and O–H groups in total. The maximum absolute atomic E-state index is 2.55. The number of hydrogen-bond donors (Lipinski definition) is 0. The van der Waals surface area contributed by atoms with Gasteiger partial charge in [-0.05, 0) is 115 Å². The Morgan fingerprint density at radius 2 is 1.03 bits per heavy atom. The van der Waals surface area contributed by atoms with Crippen molar-refractivity contribution in [3.8, 4) is 22.3 Å². The molecule has 0 atom stereocenters. The van der Waals surface area contributed by atoms with Crippen molar-refractivity contribution in [3.63, 3.8) is 0 Å². The van der Waals surface area contributed by atoms with Crippen LogP contribution < -0.4 is 0 Å². The van der Waals surface area contributed by atoms with Crippen LogP contribution in [0, 0.1) is 0 Å². The van der Waals surface area contributed by atoms with Crippen molar-refractivity contribution in [1.29, 1.82) is 0 Å². The highest BCUT2D eigenvalue weighted by molar-refractivity contribution is 6.28. The lowest BCUT2D eigenvalue weighted by Crippen LogP contribution is -2.23. The number of rotatable bonds is 4. The summed E-state index contributed by atoms with van der Waals surface area (Å²) in [6.45, 7) is 9.50. The maximum Gasteiger partial charge on any atom is 0.0216 e. The van der Waals surface area contributed by atoms with Crippen LogP contribution >= 0.6 is 0 Å². The van der Waals surface area contributed by atoms with Crippen molar-refractivity contribution >= 4 is 32.3 Å². The Hall–Kier alpha value is -3.64. The quantitative estimate of drug-likeness (QED) is 0.216. The molecule has 0 amide bonds. The number of hydrogen-bond acceptors (Lipinski definition) is 0. The Balaban J connectivity index is 1.56. The highest BCUT2D eigenvalue weighted by atomic mass is 14.5. The van der Waals surface area contributed by atoms with Crippen LogP contribution in [-0.4, -0.2) is 0 Å². The normalized spacial score (nSPS) is 16.2. The largest absolute Gasteiger partial charge is 0.0642 e. The van der Waals surface area contributed by atoms with Gasteiger partial charge in [0.2, 0.25) is 0 Å². The highest BCUT2D eigenvalue weighted by Gasteiger charge is 2.44. The van der Waals surface area contributed by atoms with Crippen LogP contribution in [0.2, 0.25) is 0 Å². The zero-order valence-corrected chi connectivity index (χ0v) is 22.9. The SMILES string of the molecule is CCC1(CC)c2ccccc2-c2c1cc1ccc3c4c(cc5ccc2c1c53)-c1ccccc1C4(CC)CC. The van der Waals surface area contributed by atoms with Crippen molar-refractivity contribution < 1.29 is 0 Å². The van der Waals surface area contributed by atoms with Gasteiger partial charge >= 0.3 is 0 Å². The van der Waals surface area contributed by atoms with Crippen molar-refractivity contribution in [2.75, 3.05) is 0 Å². The Morgan fingerprint density at radius 3 is 1.71 bits per heavy atom. The molecular weight excluding hydrogens is 456 g/mol. The van der Waals surface area contributed by atoms with Gasteiger partial charge in [0.15, 0.2) is 0 Å². The van der Waals surface area contributed by atoms with E-state index in [9.17, 15) is 0 Å². The van der Waals surface area contributed by atoms with Gasteiger partial charge in [0.1, 0.15) is 0 Å². The van der Waals surface area contributed by atoms with Crippen molar-refractivity contribution in [3.05, 3.63) is 107 Å². The van der Waals surface area contributed by atoms with Gasteiger partial charge in [-0.2, -0.15) is 0 Å². The minimum Gasteiger partial charge on any atom is -0.0642 e. The summed E-state index contributed by atoms with van der Waals surface area (Å²) in [6.07, 6.45) is 4.50. The Bertz CT molecular complexity index is 1910. The molecule has 2 aliphatic carbocycles. The first-order valence-corrected chi connectivity index (χ1v) is 14.6. The summed E-state index contributed by atoms with van der Waals surface area (Å²) in [5.41, 5.74) is 12.1. The molecule has 38 heavy (non-hydrogen) atoms. The Morgan fingerprint density at radius 1 is 0.474 bits per heavy atom. The van der Waals surface area contributed by atoms with E-state index in [4.69, 9.17) is 0 Å². The molecule has 8 rings (SSSR count). The first-order valence-electron chi connectivity index (χ1n) is 14.6. The number of fused-ring (bicyclic) bond motifs is 8. The molecule has 0 saturated heterocycles. The first kappa shape index (κ1) is 22.4. The van der Waals surface area contributed by atoms with E-state index in [1.807, 2.05) is 0 Å². The van der Waals surface area contributed by atoms with E-state index in [1.54, 1.807) is 5.56 Å². The molecule has 0 spiro atoms. The van der Waals surface area contributed by atoms with Gasteiger partial charge in [-0.1, -0.05) is 100 Å². The summed E-state index contributed by atoms with van der Waals surface area (Å²) in [4.78, 5) is 0. The van der Waals surface area contributed by atoms with Gasteiger partial charge in [-0.25, -0.2) is 0 Å². The molecule has 186 valence electrons. The molecule has 0 saturated carbocycles. The van der Waals surface area contributed by atoms with E-state index in [1.165, 1.54) is 71.3 Å². The fourth-order valence-corrected chi connectivity index (χ4v) is 8.88. The van der Waals surface area contributed by atoms with Crippen LogP contribution in [0.1, 0.15) is 75.6 Å². The summed E-state index contributed by atoms with van der Waals surface area (Å²) in [7, 11) is 0. The lowest BCUT2D eigenvalue weighted by Gasteiger charge is -2.32. The molecule has 6 aromatic rings. The van der Waals surface area contributed by atoms with Crippen LogP contribution in [0.25, 0.3) is 54.6 Å². The molecule has 0 nitrogen and oxygen atoms in total. The second-order valence-corrected chi connectivity index (χ2v) is 11.7. The second kappa shape index (κ2) is 7.48. The van der Waals surface area contributed by atoms with Gasteiger partial charge < -0.3 is 0 Å². The summed E-state index contributed by atoms with van der Waals surface area (Å²) < 4.78 is 0. The van der Waals surface area contributed by atoms with Crippen LogP contribution in [0.5, 0.6) is 0 Å². The minimum atomic E-state index is 0.0718. The van der Waals surface area contributed by atoms with E-state index in [0.29, 0.717) is 0 Å². The summed E-state index contributed by atoms with van der Waals surface area (Å²) in [5, 5.41) is 8.57. The molecule has 6 aromatic carbocycles. The van der Waals surface area contributed by atoms with Crippen LogP contribution in [0.3, 0.4) is 0 Å². The lowest BCUT2D eigenvalue weighted by molar-refractivity contribution is 0.491. The third-order valence-corrected chi connectivity index (χ3v) is 10.8. The zero-order chi connectivity index (χ0) is 25.8. The average Bonchev–Trinajstić information content (AvgIpc) is 3.43. The number of benzene rings is 6. The van der Waals surface area contributed by atoms with Crippen molar-refractivity contribution in [2.45, 2.75) is 64.2 Å². The van der Waals surface area contributed by atoms with E-state index < -0.39 is 0 Å². The molecular formula is C38H34. The monoisotopic (exact) mass is 490 g/mol. The van der Waals surface area contributed by atoms with Crippen LogP contribution in [0.4, 0.5) is 0 Å². The van der Waals surface area contributed by atoms with E-state index >= 15 is 0 Å². The predicted octanol–water partition coefficient (Wildman–Crippen LogP) is 10.8. The predicted molar refractivity (Wildman–Crippen MR) is 164 cm³/mol. The molecule has 0 heterocycles. The molecule has 0 aromatic heterocycles. The van der Waals surface area contributed by atoms with E-state index in [-0.39, 0.29) is 10.8 Å². The topological polar surface area (TPSA) is 0 Å². The standard InChI is InChI=1S/C38H34/c1-5-37(6-2)31-16-12-10-14-26(31)35-27-19-17-23-21-29-25-13-9-11-15-30(25)38(7-3,8-4)36(29)28-20-18-24(22-32(35)37)33(27)34(23)28/h9-22H,5-8H2,1-4H3. The molecule has 0 radical (unpaired) electrons. The van der Waals surface area contributed by atoms with Gasteiger partial charge in [-0.3, -0.25) is 0 Å². The van der Waals surface area contributed by atoms with Crippen LogP contribution in [-0.2, 0) is 10.8 Å². The van der Waals surface area contributed by atoms with Crippen molar-refractivity contribution in [1.82, 2.24) is 0 Å². The molecule has 0 heteroatoms. The second-order valence-electron chi connectivity index (χ2n) is 11.7. The highest BCUT2D eigenvalue weighted by Crippen LogP contribution is 2.59. The van der Waals surface area contributed by atoms with Crippen LogP contribution in [0.15, 0.2) is 84.9 Å². The fraction of sp³-hybridized carbons (Fsp3) is 0.263. The smallest absolute Gasteiger partial charge is 0.0216 e. The van der Waals surface area contributed by atoms with E-state index in [0.717, 1.165) is 25.7 Å². The van der Waals surface area contributed by atoms with E-state index in [2.05, 4.69) is 113 Å². The fourth-order valence-electron chi connectivity index (χ4n) is 8.88. The maximum atomic E-state index is 2.55. The third kappa shape index (κ3) is 2.35. The molecule has 0 fully saturated rings. The molecule has 2 aliphatic rings. The average molecular weight is 491 g/mol. The summed E-state index contributed by atoms with van der Waals surface area (Å²) in [5.74, 6) is 0. The lowest BCUT2D eigenvalue weighted by atomic mass is 9.71. The van der Waals surface area contributed by atoms with Gasteiger partial charge in [0.25, 0.3) is 0 Å². The molecule has 0 bridgehead atoms. The minimum absolute atomic E-state index is 0.0718. The Labute approximate surface area is 225 Å². The summed E-state index contributed by atoms with van der Waals surface area (Å²) >= 11 is 0. The van der Waals surface area contributed by atoms with Gasteiger partial charge in [-0.15, -0.1) is 0 Å². The zero-order valence-electron chi connectivity index (χ0n) is 22.9. The third-order valence-electron chi connectivity index (χ3n) is 10.8. The summed E-state index contributed by atoms with van der Waals surface area (Å²) in [6, 6.07) is 33.2. The molecule has 0 unspecified atom stereocenters. The van der Waals surface area contributed by atoms with Gasteiger partial charge in [0.05, 0.1) is 0 Å².